The van der Waals surface area contributed by atoms with E-state index in [1.165, 1.54) is 6.42 Å². The summed E-state index contributed by atoms with van der Waals surface area (Å²) in [5.74, 6) is 1.36. The van der Waals surface area contributed by atoms with Crippen LogP contribution >= 0.6 is 23.2 Å². The van der Waals surface area contributed by atoms with E-state index >= 15 is 0 Å². The van der Waals surface area contributed by atoms with Crippen molar-refractivity contribution in [2.45, 2.75) is 39.3 Å². The minimum absolute atomic E-state index is 0.461. The minimum atomic E-state index is 0.461. The number of alkyl halides is 1. The Morgan fingerprint density at radius 1 is 1.44 bits per heavy atom. The average molecular weight is 290 g/mol. The third-order valence-corrected chi connectivity index (χ3v) is 4.76. The van der Waals surface area contributed by atoms with E-state index in [0.717, 1.165) is 35.9 Å². The van der Waals surface area contributed by atoms with Crippen LogP contribution in [0.2, 0.25) is 5.02 Å². The number of aryl methyl sites for hydroxylation is 2. The first kappa shape index (κ1) is 14.2. The van der Waals surface area contributed by atoms with Gasteiger partial charge in [0.1, 0.15) is 0 Å². The molecule has 0 N–H and O–H groups in total. The first-order valence-electron chi connectivity index (χ1n) is 6.58. The first-order valence-corrected chi connectivity index (χ1v) is 7.50. The molecule has 0 saturated carbocycles. The SMILES string of the molecule is CCc1nn(C)c(CN2CCC(C)C2CCl)c1Cl. The lowest BCUT2D eigenvalue weighted by molar-refractivity contribution is 0.236. The Bertz CT molecular complexity index is 417. The molecule has 1 aromatic heterocycles. The van der Waals surface area contributed by atoms with Crippen LogP contribution in [0.15, 0.2) is 0 Å². The van der Waals surface area contributed by atoms with Crippen molar-refractivity contribution in [2.75, 3.05) is 12.4 Å². The summed E-state index contributed by atoms with van der Waals surface area (Å²) in [7, 11) is 1.97. The van der Waals surface area contributed by atoms with Crippen LogP contribution in [-0.2, 0) is 20.0 Å². The largest absolute Gasteiger partial charge is 0.293 e. The van der Waals surface area contributed by atoms with Gasteiger partial charge in [0.15, 0.2) is 0 Å². The van der Waals surface area contributed by atoms with Crippen molar-refractivity contribution in [2.24, 2.45) is 13.0 Å². The maximum absolute atomic E-state index is 6.39. The number of halogens is 2. The van der Waals surface area contributed by atoms with Crippen molar-refractivity contribution in [1.82, 2.24) is 14.7 Å². The molecule has 0 spiro atoms. The molecular weight excluding hydrogens is 269 g/mol. The Kier molecular flexibility index (Phi) is 4.57. The van der Waals surface area contributed by atoms with E-state index in [-0.39, 0.29) is 0 Å². The number of hydrogen-bond acceptors (Lipinski definition) is 2. The molecule has 0 radical (unpaired) electrons. The van der Waals surface area contributed by atoms with Crippen molar-refractivity contribution in [3.63, 3.8) is 0 Å². The molecule has 18 heavy (non-hydrogen) atoms. The van der Waals surface area contributed by atoms with Crippen molar-refractivity contribution in [1.29, 1.82) is 0 Å². The zero-order chi connectivity index (χ0) is 13.3. The molecule has 1 saturated heterocycles. The number of likely N-dealkylation sites (tertiary alicyclic amines) is 1. The van der Waals surface area contributed by atoms with Gasteiger partial charge >= 0.3 is 0 Å². The fourth-order valence-electron chi connectivity index (χ4n) is 2.72. The van der Waals surface area contributed by atoms with Crippen LogP contribution in [0.25, 0.3) is 0 Å². The molecule has 2 rings (SSSR count). The molecule has 1 aromatic rings. The Balaban J connectivity index is 2.17. The minimum Gasteiger partial charge on any atom is -0.293 e. The van der Waals surface area contributed by atoms with Crippen LogP contribution in [0.3, 0.4) is 0 Å². The Morgan fingerprint density at radius 3 is 2.72 bits per heavy atom. The monoisotopic (exact) mass is 289 g/mol. The molecule has 3 nitrogen and oxygen atoms in total. The third-order valence-electron chi connectivity index (χ3n) is 4.01. The Labute approximate surface area is 119 Å². The molecule has 102 valence electrons. The maximum Gasteiger partial charge on any atom is 0.0863 e. The number of nitrogens with zero attached hydrogens (tertiary/aromatic N) is 3. The average Bonchev–Trinajstić information content (AvgIpc) is 2.84. The highest BCUT2D eigenvalue weighted by Crippen LogP contribution is 2.29. The van der Waals surface area contributed by atoms with Crippen LogP contribution in [0, 0.1) is 5.92 Å². The van der Waals surface area contributed by atoms with Crippen LogP contribution in [-0.4, -0.2) is 33.1 Å². The van der Waals surface area contributed by atoms with Gasteiger partial charge in [-0.25, -0.2) is 0 Å². The fourth-order valence-corrected chi connectivity index (χ4v) is 3.57. The van der Waals surface area contributed by atoms with E-state index in [9.17, 15) is 0 Å². The van der Waals surface area contributed by atoms with Crippen LogP contribution in [0.1, 0.15) is 31.7 Å². The number of aromatic nitrogens is 2. The van der Waals surface area contributed by atoms with Gasteiger partial charge in [-0.2, -0.15) is 5.10 Å². The molecule has 1 aliphatic rings. The fraction of sp³-hybridized carbons (Fsp3) is 0.769. The van der Waals surface area contributed by atoms with Crippen molar-refractivity contribution >= 4 is 23.2 Å². The topological polar surface area (TPSA) is 21.1 Å². The molecule has 0 amide bonds. The van der Waals surface area contributed by atoms with Crippen LogP contribution < -0.4 is 0 Å². The standard InChI is InChI=1S/C13H21Cl2N3/c1-4-10-13(15)12(17(3)16-10)8-18-6-5-9(2)11(18)7-14/h9,11H,4-8H2,1-3H3. The summed E-state index contributed by atoms with van der Waals surface area (Å²) in [6.45, 7) is 6.30. The van der Waals surface area contributed by atoms with Crippen molar-refractivity contribution in [3.05, 3.63) is 16.4 Å². The summed E-state index contributed by atoms with van der Waals surface area (Å²) in [5.41, 5.74) is 2.10. The third kappa shape index (κ3) is 2.54. The normalized spacial score (nSPS) is 24.9. The van der Waals surface area contributed by atoms with Gasteiger partial charge < -0.3 is 0 Å². The molecule has 5 heteroatoms. The van der Waals surface area contributed by atoms with E-state index in [1.807, 2.05) is 11.7 Å². The molecule has 1 aliphatic heterocycles. The second kappa shape index (κ2) is 5.81. The van der Waals surface area contributed by atoms with Gasteiger partial charge in [0.25, 0.3) is 0 Å². The molecule has 0 aromatic carbocycles. The van der Waals surface area contributed by atoms with E-state index in [2.05, 4.69) is 23.8 Å². The summed E-state index contributed by atoms with van der Waals surface area (Å²) in [5, 5.41) is 5.29. The van der Waals surface area contributed by atoms with Gasteiger partial charge in [-0.05, 0) is 25.3 Å². The number of hydrogen-bond donors (Lipinski definition) is 0. The van der Waals surface area contributed by atoms with E-state index < -0.39 is 0 Å². The zero-order valence-electron chi connectivity index (χ0n) is 11.3. The van der Waals surface area contributed by atoms with Crippen LogP contribution in [0.4, 0.5) is 0 Å². The number of rotatable bonds is 4. The molecule has 2 heterocycles. The lowest BCUT2D eigenvalue weighted by Crippen LogP contribution is -2.33. The highest BCUT2D eigenvalue weighted by molar-refractivity contribution is 6.31. The highest BCUT2D eigenvalue weighted by Gasteiger charge is 2.31. The molecular formula is C13H21Cl2N3. The van der Waals surface area contributed by atoms with Gasteiger partial charge in [-0.3, -0.25) is 9.58 Å². The molecule has 0 aliphatic carbocycles. The lowest BCUT2D eigenvalue weighted by Gasteiger charge is -2.24. The summed E-state index contributed by atoms with van der Waals surface area (Å²) in [4.78, 5) is 2.43. The van der Waals surface area contributed by atoms with Gasteiger partial charge in [0, 0.05) is 25.5 Å². The van der Waals surface area contributed by atoms with Crippen molar-refractivity contribution in [3.8, 4) is 0 Å². The van der Waals surface area contributed by atoms with Crippen molar-refractivity contribution < 1.29 is 0 Å². The molecule has 2 unspecified atom stereocenters. The summed E-state index contributed by atoms with van der Waals surface area (Å²) < 4.78 is 1.91. The van der Waals surface area contributed by atoms with E-state index in [0.29, 0.717) is 17.8 Å². The first-order chi connectivity index (χ1) is 8.58. The van der Waals surface area contributed by atoms with E-state index in [4.69, 9.17) is 23.2 Å². The molecule has 2 atom stereocenters. The van der Waals surface area contributed by atoms with E-state index in [1.54, 1.807) is 0 Å². The molecule has 1 fully saturated rings. The second-order valence-corrected chi connectivity index (χ2v) is 5.83. The second-order valence-electron chi connectivity index (χ2n) is 5.14. The maximum atomic E-state index is 6.39. The highest BCUT2D eigenvalue weighted by atomic mass is 35.5. The quantitative estimate of drug-likeness (QED) is 0.795. The van der Waals surface area contributed by atoms with Crippen LogP contribution in [0.5, 0.6) is 0 Å². The van der Waals surface area contributed by atoms with Gasteiger partial charge in [0.2, 0.25) is 0 Å². The predicted octanol–water partition coefficient (Wildman–Crippen LogP) is 3.09. The summed E-state index contributed by atoms with van der Waals surface area (Å²) in [6, 6.07) is 0.461. The Hall–Kier alpha value is -0.250. The summed E-state index contributed by atoms with van der Waals surface area (Å²) in [6.07, 6.45) is 2.09. The molecule has 0 bridgehead atoms. The van der Waals surface area contributed by atoms with Gasteiger partial charge in [0.05, 0.1) is 16.4 Å². The summed E-state index contributed by atoms with van der Waals surface area (Å²) >= 11 is 12.5. The van der Waals surface area contributed by atoms with Gasteiger partial charge in [-0.15, -0.1) is 11.6 Å². The lowest BCUT2D eigenvalue weighted by atomic mass is 10.1. The Morgan fingerprint density at radius 2 is 2.17 bits per heavy atom. The predicted molar refractivity (Wildman–Crippen MR) is 76.3 cm³/mol. The van der Waals surface area contributed by atoms with Gasteiger partial charge in [-0.1, -0.05) is 25.4 Å². The smallest absolute Gasteiger partial charge is 0.0863 e. The zero-order valence-corrected chi connectivity index (χ0v) is 12.8.